The molecule has 1 saturated heterocycles. The number of likely N-dealkylation sites (tertiary alicyclic amines) is 1. The number of nitrogens with two attached hydrogens (primary N) is 1. The van der Waals surface area contributed by atoms with Gasteiger partial charge in [-0.05, 0) is 66.8 Å². The Balaban J connectivity index is 1.46. The Morgan fingerprint density at radius 2 is 1.78 bits per heavy atom. The van der Waals surface area contributed by atoms with E-state index in [2.05, 4.69) is 36.4 Å². The first kappa shape index (κ1) is 22.1. The lowest BCUT2D eigenvalue weighted by Crippen LogP contribution is -2.53. The van der Waals surface area contributed by atoms with Crippen LogP contribution in [0.4, 0.5) is 0 Å². The van der Waals surface area contributed by atoms with Gasteiger partial charge in [0.25, 0.3) is 0 Å². The third kappa shape index (κ3) is 4.87. The summed E-state index contributed by atoms with van der Waals surface area (Å²) >= 11 is 0. The second-order valence-corrected chi connectivity index (χ2v) is 9.14. The number of carbonyl (C=O) groups is 2. The molecular weight excluding hydrogens is 400 g/mol. The molecule has 5 nitrogen and oxygen atoms in total. The minimum Gasteiger partial charge on any atom is -0.497 e. The van der Waals surface area contributed by atoms with Gasteiger partial charge in [-0.25, -0.2) is 0 Å². The van der Waals surface area contributed by atoms with E-state index in [0.717, 1.165) is 48.1 Å². The number of allylic oxidation sites excluding steroid dienone is 2. The van der Waals surface area contributed by atoms with Crippen LogP contribution >= 0.6 is 0 Å². The van der Waals surface area contributed by atoms with Crippen molar-refractivity contribution in [2.45, 2.75) is 38.5 Å². The summed E-state index contributed by atoms with van der Waals surface area (Å²) in [4.78, 5) is 27.4. The van der Waals surface area contributed by atoms with Crippen LogP contribution in [0.5, 0.6) is 5.75 Å². The Hall–Kier alpha value is -3.08. The lowest BCUT2D eigenvalue weighted by Gasteiger charge is -2.41. The quantitative estimate of drug-likeness (QED) is 0.661. The van der Waals surface area contributed by atoms with Crippen LogP contribution in [-0.4, -0.2) is 36.9 Å². The Morgan fingerprint density at radius 3 is 2.38 bits per heavy atom. The third-order valence-electron chi connectivity index (χ3n) is 6.92. The molecule has 4 rings (SSSR count). The number of rotatable bonds is 7. The SMILES string of the molecule is COc1ccc(-c2ccc(C[C@]3(C(N)=O)CCCN(C(=O)C[C@H]4C=CCC4)C3)cc2)cc1. The van der Waals surface area contributed by atoms with Gasteiger partial charge in [0.2, 0.25) is 11.8 Å². The highest BCUT2D eigenvalue weighted by Gasteiger charge is 2.42. The molecule has 5 heteroatoms. The fourth-order valence-corrected chi connectivity index (χ4v) is 4.99. The lowest BCUT2D eigenvalue weighted by atomic mass is 9.74. The molecule has 2 aromatic rings. The molecule has 2 aliphatic rings. The molecule has 0 saturated carbocycles. The molecule has 0 bridgehead atoms. The standard InChI is InChI=1S/C27H32N2O3/c1-32-24-13-11-23(12-14-24)22-9-7-21(8-10-22)18-27(26(28)31)15-4-16-29(19-27)25(30)17-20-5-2-3-6-20/h2,5,7-14,20H,3-4,6,15-19H2,1H3,(H2,28,31)/t20-,27+/m0/s1. The normalized spacial score (nSPS) is 22.7. The Morgan fingerprint density at radius 1 is 1.09 bits per heavy atom. The summed E-state index contributed by atoms with van der Waals surface area (Å²) < 4.78 is 5.23. The van der Waals surface area contributed by atoms with E-state index >= 15 is 0 Å². The van der Waals surface area contributed by atoms with Crippen molar-refractivity contribution in [2.24, 2.45) is 17.1 Å². The van der Waals surface area contributed by atoms with Crippen LogP contribution in [0, 0.1) is 11.3 Å². The molecule has 2 amide bonds. The molecule has 168 valence electrons. The van der Waals surface area contributed by atoms with E-state index in [0.29, 0.717) is 31.8 Å². The van der Waals surface area contributed by atoms with E-state index in [1.807, 2.05) is 29.2 Å². The minimum atomic E-state index is -0.707. The zero-order valence-corrected chi connectivity index (χ0v) is 18.8. The van der Waals surface area contributed by atoms with Crippen LogP contribution in [0.3, 0.4) is 0 Å². The number of ether oxygens (including phenoxy) is 1. The topological polar surface area (TPSA) is 72.6 Å². The average molecular weight is 433 g/mol. The summed E-state index contributed by atoms with van der Waals surface area (Å²) in [6.07, 6.45) is 9.00. The third-order valence-corrected chi connectivity index (χ3v) is 6.92. The molecule has 0 radical (unpaired) electrons. The number of carbonyl (C=O) groups excluding carboxylic acids is 2. The Kier molecular flexibility index (Phi) is 6.63. The van der Waals surface area contributed by atoms with Crippen molar-refractivity contribution in [1.82, 2.24) is 4.90 Å². The van der Waals surface area contributed by atoms with Gasteiger partial charge in [0.15, 0.2) is 0 Å². The van der Waals surface area contributed by atoms with Gasteiger partial charge in [-0.15, -0.1) is 0 Å². The number of nitrogens with zero attached hydrogens (tertiary/aromatic N) is 1. The van der Waals surface area contributed by atoms with E-state index in [4.69, 9.17) is 10.5 Å². The van der Waals surface area contributed by atoms with Gasteiger partial charge in [-0.3, -0.25) is 9.59 Å². The smallest absolute Gasteiger partial charge is 0.225 e. The highest BCUT2D eigenvalue weighted by atomic mass is 16.5. The maximum Gasteiger partial charge on any atom is 0.225 e. The fraction of sp³-hybridized carbons (Fsp3) is 0.407. The van der Waals surface area contributed by atoms with E-state index in [-0.39, 0.29) is 11.8 Å². The number of methoxy groups -OCH3 is 1. The highest BCUT2D eigenvalue weighted by molar-refractivity contribution is 5.84. The number of piperidine rings is 1. The molecule has 1 fully saturated rings. The van der Waals surface area contributed by atoms with Crippen molar-refractivity contribution in [2.75, 3.05) is 20.2 Å². The fourth-order valence-electron chi connectivity index (χ4n) is 4.99. The van der Waals surface area contributed by atoms with Crippen LogP contribution < -0.4 is 10.5 Å². The molecule has 1 aliphatic heterocycles. The van der Waals surface area contributed by atoms with Crippen molar-refractivity contribution in [3.8, 4) is 16.9 Å². The van der Waals surface area contributed by atoms with Gasteiger partial charge in [-0.2, -0.15) is 0 Å². The second-order valence-electron chi connectivity index (χ2n) is 9.14. The van der Waals surface area contributed by atoms with Gasteiger partial charge in [-0.1, -0.05) is 48.6 Å². The van der Waals surface area contributed by atoms with E-state index in [1.54, 1.807) is 7.11 Å². The first-order chi connectivity index (χ1) is 15.5. The monoisotopic (exact) mass is 432 g/mol. The number of amides is 2. The molecule has 0 aromatic heterocycles. The van der Waals surface area contributed by atoms with Gasteiger partial charge in [0.05, 0.1) is 12.5 Å². The minimum absolute atomic E-state index is 0.140. The first-order valence-corrected chi connectivity index (χ1v) is 11.5. The summed E-state index contributed by atoms with van der Waals surface area (Å²) in [6.45, 7) is 1.12. The summed E-state index contributed by atoms with van der Waals surface area (Å²) in [5, 5.41) is 0. The number of primary amides is 1. The predicted octanol–water partition coefficient (Wildman–Crippen LogP) is 4.36. The molecule has 0 spiro atoms. The van der Waals surface area contributed by atoms with Crippen LogP contribution in [0.1, 0.15) is 37.7 Å². The Bertz CT molecular complexity index is 981. The van der Waals surface area contributed by atoms with Gasteiger partial charge in [0.1, 0.15) is 5.75 Å². The van der Waals surface area contributed by atoms with Crippen molar-refractivity contribution in [3.63, 3.8) is 0 Å². The maximum atomic E-state index is 12.9. The van der Waals surface area contributed by atoms with Crippen molar-refractivity contribution < 1.29 is 14.3 Å². The molecule has 0 unspecified atom stereocenters. The largest absolute Gasteiger partial charge is 0.497 e. The number of hydrogen-bond acceptors (Lipinski definition) is 3. The van der Waals surface area contributed by atoms with E-state index in [1.165, 1.54) is 0 Å². The molecule has 2 atom stereocenters. The molecule has 1 heterocycles. The predicted molar refractivity (Wildman–Crippen MR) is 126 cm³/mol. The zero-order valence-electron chi connectivity index (χ0n) is 18.8. The van der Waals surface area contributed by atoms with Crippen LogP contribution in [0.15, 0.2) is 60.7 Å². The highest BCUT2D eigenvalue weighted by Crippen LogP contribution is 2.35. The van der Waals surface area contributed by atoms with Gasteiger partial charge in [0, 0.05) is 19.5 Å². The van der Waals surface area contributed by atoms with Crippen molar-refractivity contribution >= 4 is 11.8 Å². The number of hydrogen-bond donors (Lipinski definition) is 1. The lowest BCUT2D eigenvalue weighted by molar-refractivity contribution is -0.140. The molecule has 1 aliphatic carbocycles. The molecule has 2 aromatic carbocycles. The van der Waals surface area contributed by atoms with Crippen LogP contribution in [0.2, 0.25) is 0 Å². The van der Waals surface area contributed by atoms with Gasteiger partial charge >= 0.3 is 0 Å². The summed E-state index contributed by atoms with van der Waals surface area (Å²) in [5.74, 6) is 0.990. The second kappa shape index (κ2) is 9.60. The molecule has 2 N–H and O–H groups in total. The summed E-state index contributed by atoms with van der Waals surface area (Å²) in [5.41, 5.74) is 8.50. The zero-order chi connectivity index (χ0) is 22.6. The van der Waals surface area contributed by atoms with Gasteiger partial charge < -0.3 is 15.4 Å². The first-order valence-electron chi connectivity index (χ1n) is 11.5. The van der Waals surface area contributed by atoms with Crippen LogP contribution in [0.25, 0.3) is 11.1 Å². The Labute approximate surface area is 190 Å². The van der Waals surface area contributed by atoms with E-state index in [9.17, 15) is 9.59 Å². The average Bonchev–Trinajstić information content (AvgIpc) is 3.33. The van der Waals surface area contributed by atoms with E-state index < -0.39 is 5.41 Å². The van der Waals surface area contributed by atoms with Crippen LogP contribution in [-0.2, 0) is 16.0 Å². The summed E-state index contributed by atoms with van der Waals surface area (Å²) in [7, 11) is 1.66. The van der Waals surface area contributed by atoms with Crippen molar-refractivity contribution in [1.29, 1.82) is 0 Å². The number of benzene rings is 2. The summed E-state index contributed by atoms with van der Waals surface area (Å²) in [6, 6.07) is 16.2. The molecule has 32 heavy (non-hydrogen) atoms. The molecular formula is C27H32N2O3. The maximum absolute atomic E-state index is 12.9. The van der Waals surface area contributed by atoms with Crippen molar-refractivity contribution in [3.05, 3.63) is 66.2 Å².